The molecule has 1 amide bonds. The van der Waals surface area contributed by atoms with Gasteiger partial charge in [0.1, 0.15) is 0 Å². The molecule has 1 aliphatic heterocycles. The Kier molecular flexibility index (Phi) is 3.47. The third-order valence-corrected chi connectivity index (χ3v) is 3.41. The van der Waals surface area contributed by atoms with Crippen molar-refractivity contribution in [3.05, 3.63) is 47.3 Å². The number of nitrogens with zero attached hydrogens (tertiary/aromatic N) is 3. The number of amides is 1. The average Bonchev–Trinajstić information content (AvgIpc) is 2.83. The van der Waals surface area contributed by atoms with Crippen LogP contribution < -0.4 is 10.6 Å². The lowest BCUT2D eigenvalue weighted by atomic mass is 10.1. The van der Waals surface area contributed by atoms with E-state index in [-0.39, 0.29) is 5.91 Å². The minimum absolute atomic E-state index is 0.190. The van der Waals surface area contributed by atoms with Crippen LogP contribution in [0.2, 0.25) is 0 Å². The summed E-state index contributed by atoms with van der Waals surface area (Å²) in [6.07, 6.45) is 1.71. The topological polar surface area (TPSA) is 71.8 Å². The molecule has 6 nitrogen and oxygen atoms in total. The molecule has 0 spiro atoms. The van der Waals surface area contributed by atoms with Crippen molar-refractivity contribution >= 4 is 5.91 Å². The first kappa shape index (κ1) is 12.8. The van der Waals surface area contributed by atoms with E-state index in [9.17, 15) is 4.79 Å². The van der Waals surface area contributed by atoms with Gasteiger partial charge in [-0.2, -0.15) is 0 Å². The van der Waals surface area contributed by atoms with Gasteiger partial charge in [0.15, 0.2) is 5.69 Å². The quantitative estimate of drug-likeness (QED) is 0.857. The van der Waals surface area contributed by atoms with Crippen molar-refractivity contribution in [1.82, 2.24) is 25.6 Å². The van der Waals surface area contributed by atoms with Gasteiger partial charge in [0.2, 0.25) is 0 Å². The van der Waals surface area contributed by atoms with Crippen LogP contribution in [0.25, 0.3) is 0 Å². The first-order chi connectivity index (χ1) is 9.72. The maximum Gasteiger partial charge on any atom is 0.273 e. The Morgan fingerprint density at radius 2 is 2.35 bits per heavy atom. The summed E-state index contributed by atoms with van der Waals surface area (Å²) in [6, 6.07) is 8.38. The summed E-state index contributed by atoms with van der Waals surface area (Å²) in [6.45, 7) is 4.29. The van der Waals surface area contributed by atoms with Crippen molar-refractivity contribution < 1.29 is 4.79 Å². The summed E-state index contributed by atoms with van der Waals surface area (Å²) >= 11 is 0. The van der Waals surface area contributed by atoms with Crippen LogP contribution in [0.3, 0.4) is 0 Å². The van der Waals surface area contributed by atoms with E-state index in [4.69, 9.17) is 0 Å². The second-order valence-electron chi connectivity index (χ2n) is 5.07. The molecule has 0 aliphatic carbocycles. The number of nitrogens with one attached hydrogen (secondary N) is 2. The van der Waals surface area contributed by atoms with E-state index in [1.807, 2.05) is 25.1 Å². The smallest absolute Gasteiger partial charge is 0.273 e. The van der Waals surface area contributed by atoms with E-state index in [0.29, 0.717) is 18.3 Å². The first-order valence-corrected chi connectivity index (χ1v) is 6.68. The SMILES string of the molecule is Cc1cccc(CNC(=O)c2cn(C3CNC3)nn2)c1. The zero-order valence-corrected chi connectivity index (χ0v) is 11.3. The van der Waals surface area contributed by atoms with E-state index in [0.717, 1.165) is 18.7 Å². The van der Waals surface area contributed by atoms with Gasteiger partial charge in [-0.3, -0.25) is 4.79 Å². The van der Waals surface area contributed by atoms with E-state index in [1.54, 1.807) is 10.9 Å². The van der Waals surface area contributed by atoms with Crippen LogP contribution >= 0.6 is 0 Å². The highest BCUT2D eigenvalue weighted by molar-refractivity contribution is 5.91. The second-order valence-corrected chi connectivity index (χ2v) is 5.07. The Bertz CT molecular complexity index is 618. The Morgan fingerprint density at radius 1 is 1.50 bits per heavy atom. The third kappa shape index (κ3) is 2.70. The largest absolute Gasteiger partial charge is 0.347 e. The summed E-state index contributed by atoms with van der Waals surface area (Å²) < 4.78 is 1.75. The van der Waals surface area contributed by atoms with Crippen LogP contribution in [0.1, 0.15) is 27.7 Å². The van der Waals surface area contributed by atoms with E-state index in [1.165, 1.54) is 5.56 Å². The molecule has 0 unspecified atom stereocenters. The van der Waals surface area contributed by atoms with E-state index >= 15 is 0 Å². The van der Waals surface area contributed by atoms with Crippen LogP contribution in [-0.4, -0.2) is 34.0 Å². The number of carbonyl (C=O) groups is 1. The Balaban J connectivity index is 1.60. The zero-order chi connectivity index (χ0) is 13.9. The lowest BCUT2D eigenvalue weighted by Gasteiger charge is -2.26. The minimum Gasteiger partial charge on any atom is -0.347 e. The molecule has 1 aromatic heterocycles. The lowest BCUT2D eigenvalue weighted by molar-refractivity contribution is 0.0946. The predicted octanol–water partition coefficient (Wildman–Crippen LogP) is 0.661. The summed E-state index contributed by atoms with van der Waals surface area (Å²) in [5.74, 6) is -0.190. The maximum atomic E-state index is 12.0. The molecule has 1 aliphatic rings. The van der Waals surface area contributed by atoms with Gasteiger partial charge in [-0.05, 0) is 12.5 Å². The van der Waals surface area contributed by atoms with Gasteiger partial charge in [0.05, 0.1) is 12.2 Å². The fourth-order valence-electron chi connectivity index (χ4n) is 2.11. The molecular weight excluding hydrogens is 254 g/mol. The van der Waals surface area contributed by atoms with Crippen molar-refractivity contribution in [2.45, 2.75) is 19.5 Å². The van der Waals surface area contributed by atoms with E-state index in [2.05, 4.69) is 27.0 Å². The standard InChI is InChI=1S/C14H17N5O/c1-10-3-2-4-11(5-10)6-16-14(20)13-9-19(18-17-13)12-7-15-8-12/h2-5,9,12,15H,6-8H2,1H3,(H,16,20). The van der Waals surface area contributed by atoms with Gasteiger partial charge in [-0.1, -0.05) is 35.0 Å². The number of hydrogen-bond donors (Lipinski definition) is 2. The molecule has 0 radical (unpaired) electrons. The number of hydrogen-bond acceptors (Lipinski definition) is 4. The van der Waals surface area contributed by atoms with Crippen LogP contribution in [0, 0.1) is 6.92 Å². The third-order valence-electron chi connectivity index (χ3n) is 3.41. The highest BCUT2D eigenvalue weighted by Crippen LogP contribution is 2.10. The number of carbonyl (C=O) groups excluding carboxylic acids is 1. The van der Waals surface area contributed by atoms with Crippen molar-refractivity contribution in [3.63, 3.8) is 0 Å². The summed E-state index contributed by atoms with van der Waals surface area (Å²) in [5, 5.41) is 13.9. The molecule has 2 N–H and O–H groups in total. The molecule has 1 saturated heterocycles. The fraction of sp³-hybridized carbons (Fsp3) is 0.357. The number of benzene rings is 1. The predicted molar refractivity (Wildman–Crippen MR) is 74.3 cm³/mol. The van der Waals surface area contributed by atoms with Crippen molar-refractivity contribution in [2.24, 2.45) is 0 Å². The molecule has 2 heterocycles. The van der Waals surface area contributed by atoms with Crippen LogP contribution in [0.4, 0.5) is 0 Å². The van der Waals surface area contributed by atoms with E-state index < -0.39 is 0 Å². The molecule has 0 saturated carbocycles. The van der Waals surface area contributed by atoms with Crippen LogP contribution in [0.5, 0.6) is 0 Å². The normalized spacial score (nSPS) is 14.8. The molecule has 104 valence electrons. The molecule has 0 atom stereocenters. The number of aromatic nitrogens is 3. The zero-order valence-electron chi connectivity index (χ0n) is 11.3. The van der Waals surface area contributed by atoms with Gasteiger partial charge >= 0.3 is 0 Å². The van der Waals surface area contributed by atoms with Gasteiger partial charge in [-0.25, -0.2) is 4.68 Å². The molecule has 1 aromatic carbocycles. The highest BCUT2D eigenvalue weighted by atomic mass is 16.2. The molecule has 6 heteroatoms. The van der Waals surface area contributed by atoms with Gasteiger partial charge in [0.25, 0.3) is 5.91 Å². The summed E-state index contributed by atoms with van der Waals surface area (Å²) in [4.78, 5) is 12.0. The van der Waals surface area contributed by atoms with Crippen LogP contribution in [0.15, 0.2) is 30.5 Å². The molecular formula is C14H17N5O. The molecule has 20 heavy (non-hydrogen) atoms. The molecule has 3 rings (SSSR count). The van der Waals surface area contributed by atoms with Crippen LogP contribution in [-0.2, 0) is 6.54 Å². The molecule has 1 fully saturated rings. The minimum atomic E-state index is -0.190. The maximum absolute atomic E-state index is 12.0. The summed E-state index contributed by atoms with van der Waals surface area (Å²) in [7, 11) is 0. The average molecular weight is 271 g/mol. The highest BCUT2D eigenvalue weighted by Gasteiger charge is 2.21. The van der Waals surface area contributed by atoms with Gasteiger partial charge in [-0.15, -0.1) is 5.10 Å². The first-order valence-electron chi connectivity index (χ1n) is 6.68. The monoisotopic (exact) mass is 271 g/mol. The Labute approximate surface area is 117 Å². The van der Waals surface area contributed by atoms with Crippen molar-refractivity contribution in [2.75, 3.05) is 13.1 Å². The number of rotatable bonds is 4. The van der Waals surface area contributed by atoms with Crippen molar-refractivity contribution in [1.29, 1.82) is 0 Å². The Hall–Kier alpha value is -2.21. The number of aryl methyl sites for hydroxylation is 1. The molecule has 0 bridgehead atoms. The van der Waals surface area contributed by atoms with Gasteiger partial charge < -0.3 is 10.6 Å². The lowest BCUT2D eigenvalue weighted by Crippen LogP contribution is -2.43. The fourth-order valence-corrected chi connectivity index (χ4v) is 2.11. The Morgan fingerprint density at radius 3 is 3.05 bits per heavy atom. The van der Waals surface area contributed by atoms with Gasteiger partial charge in [0, 0.05) is 19.6 Å². The molecule has 2 aromatic rings. The van der Waals surface area contributed by atoms with Crippen molar-refractivity contribution in [3.8, 4) is 0 Å². The summed E-state index contributed by atoms with van der Waals surface area (Å²) in [5.41, 5.74) is 2.62. The second kappa shape index (κ2) is 5.42.